The van der Waals surface area contributed by atoms with Crippen LogP contribution < -0.4 is 10.6 Å². The summed E-state index contributed by atoms with van der Waals surface area (Å²) in [5, 5.41) is 26.2. The van der Waals surface area contributed by atoms with Crippen LogP contribution >= 0.6 is 0 Å². The number of nitro benzene ring substituents is 1. The zero-order valence-electron chi connectivity index (χ0n) is 12.0. The van der Waals surface area contributed by atoms with Crippen molar-refractivity contribution in [2.45, 2.75) is 13.3 Å². The molecule has 0 aliphatic rings. The van der Waals surface area contributed by atoms with Crippen molar-refractivity contribution >= 4 is 17.3 Å². The predicted octanol–water partition coefficient (Wildman–Crippen LogP) is 1.25. The number of hydrogen-bond acceptors (Lipinski definition) is 6. The number of rotatable bonds is 7. The monoisotopic (exact) mass is 304 g/mol. The average molecular weight is 304 g/mol. The van der Waals surface area contributed by atoms with E-state index in [0.717, 1.165) is 5.56 Å². The van der Waals surface area contributed by atoms with Crippen LogP contribution in [-0.2, 0) is 0 Å². The summed E-state index contributed by atoms with van der Waals surface area (Å²) >= 11 is 0. The quantitative estimate of drug-likeness (QED) is 0.401. The summed E-state index contributed by atoms with van der Waals surface area (Å²) in [6.45, 7) is 2.73. The highest BCUT2D eigenvalue weighted by Crippen LogP contribution is 2.24. The minimum atomic E-state index is -0.415. The molecule has 0 aliphatic carbocycles. The Morgan fingerprint density at radius 3 is 2.91 bits per heavy atom. The van der Waals surface area contributed by atoms with Gasteiger partial charge in [-0.15, -0.1) is 0 Å². The molecule has 1 heterocycles. The second kappa shape index (κ2) is 7.16. The third-order valence-corrected chi connectivity index (χ3v) is 2.95. The van der Waals surface area contributed by atoms with Gasteiger partial charge in [0.05, 0.1) is 11.1 Å². The second-order valence-electron chi connectivity index (χ2n) is 4.67. The van der Waals surface area contributed by atoms with Crippen LogP contribution in [0, 0.1) is 17.0 Å². The molecule has 1 aromatic carbocycles. The van der Waals surface area contributed by atoms with Gasteiger partial charge < -0.3 is 10.6 Å². The Morgan fingerprint density at radius 2 is 2.23 bits per heavy atom. The first-order valence-electron chi connectivity index (χ1n) is 6.71. The largest absolute Gasteiger partial charge is 0.379 e. The van der Waals surface area contributed by atoms with E-state index in [1.165, 1.54) is 12.3 Å². The Morgan fingerprint density at radius 1 is 1.41 bits per heavy atom. The lowest BCUT2D eigenvalue weighted by molar-refractivity contribution is -0.384. The maximum Gasteiger partial charge on any atom is 0.292 e. The number of anilines is 1. The number of nitro groups is 1. The molecule has 3 N–H and O–H groups in total. The Labute approximate surface area is 126 Å². The van der Waals surface area contributed by atoms with Gasteiger partial charge in [-0.3, -0.25) is 14.9 Å². The SMILES string of the molecule is Cc1ccc(NCCCNC(=O)c2cn[nH]n2)c([N+](=O)[O-])c1. The van der Waals surface area contributed by atoms with Gasteiger partial charge >= 0.3 is 0 Å². The molecule has 0 atom stereocenters. The van der Waals surface area contributed by atoms with Crippen LogP contribution in [0.5, 0.6) is 0 Å². The van der Waals surface area contributed by atoms with Crippen molar-refractivity contribution in [3.63, 3.8) is 0 Å². The number of nitrogens with one attached hydrogen (secondary N) is 3. The van der Waals surface area contributed by atoms with Crippen LogP contribution in [0.3, 0.4) is 0 Å². The Balaban J connectivity index is 1.77. The molecule has 0 bridgehead atoms. The van der Waals surface area contributed by atoms with Crippen LogP contribution in [-0.4, -0.2) is 39.3 Å². The number of aryl methyl sites for hydroxylation is 1. The van der Waals surface area contributed by atoms with Crippen molar-refractivity contribution in [2.75, 3.05) is 18.4 Å². The van der Waals surface area contributed by atoms with Crippen molar-refractivity contribution in [1.29, 1.82) is 0 Å². The number of aromatic amines is 1. The van der Waals surface area contributed by atoms with E-state index in [1.54, 1.807) is 13.0 Å². The van der Waals surface area contributed by atoms with E-state index in [2.05, 4.69) is 26.0 Å². The maximum absolute atomic E-state index is 11.6. The first kappa shape index (κ1) is 15.4. The van der Waals surface area contributed by atoms with Crippen LogP contribution in [0.1, 0.15) is 22.5 Å². The summed E-state index contributed by atoms with van der Waals surface area (Å²) in [7, 11) is 0. The predicted molar refractivity (Wildman–Crippen MR) is 79.7 cm³/mol. The molecule has 22 heavy (non-hydrogen) atoms. The molecule has 0 saturated heterocycles. The molecular weight excluding hydrogens is 288 g/mol. The minimum absolute atomic E-state index is 0.0478. The summed E-state index contributed by atoms with van der Waals surface area (Å²) in [5.41, 5.74) is 1.57. The van der Waals surface area contributed by atoms with Gasteiger partial charge in [0, 0.05) is 19.2 Å². The number of aromatic nitrogens is 3. The van der Waals surface area contributed by atoms with Gasteiger partial charge in [-0.2, -0.15) is 15.4 Å². The van der Waals surface area contributed by atoms with Crippen LogP contribution in [0.2, 0.25) is 0 Å². The number of nitrogens with zero attached hydrogens (tertiary/aromatic N) is 3. The van der Waals surface area contributed by atoms with E-state index in [1.807, 2.05) is 6.07 Å². The van der Waals surface area contributed by atoms with Crippen molar-refractivity contribution in [3.8, 4) is 0 Å². The fraction of sp³-hybridized carbons (Fsp3) is 0.308. The van der Waals surface area contributed by atoms with Crippen LogP contribution in [0.4, 0.5) is 11.4 Å². The number of hydrogen-bond donors (Lipinski definition) is 3. The number of amides is 1. The molecule has 0 aliphatic heterocycles. The van der Waals surface area contributed by atoms with Gasteiger partial charge in [0.25, 0.3) is 11.6 Å². The maximum atomic E-state index is 11.6. The summed E-state index contributed by atoms with van der Waals surface area (Å²) in [4.78, 5) is 22.1. The number of benzene rings is 1. The minimum Gasteiger partial charge on any atom is -0.379 e. The first-order valence-corrected chi connectivity index (χ1v) is 6.71. The zero-order chi connectivity index (χ0) is 15.9. The summed E-state index contributed by atoms with van der Waals surface area (Å²) < 4.78 is 0. The second-order valence-corrected chi connectivity index (χ2v) is 4.67. The lowest BCUT2D eigenvalue weighted by Gasteiger charge is -2.08. The van der Waals surface area contributed by atoms with Gasteiger partial charge in [-0.1, -0.05) is 6.07 Å². The van der Waals surface area contributed by atoms with Crippen LogP contribution in [0.25, 0.3) is 0 Å². The van der Waals surface area contributed by atoms with E-state index >= 15 is 0 Å². The molecule has 0 radical (unpaired) electrons. The molecular formula is C13H16N6O3. The molecule has 1 amide bonds. The first-order chi connectivity index (χ1) is 10.6. The fourth-order valence-electron chi connectivity index (χ4n) is 1.86. The molecule has 0 unspecified atom stereocenters. The highest BCUT2D eigenvalue weighted by molar-refractivity contribution is 5.91. The van der Waals surface area contributed by atoms with Gasteiger partial charge in [-0.05, 0) is 25.0 Å². The summed E-state index contributed by atoms with van der Waals surface area (Å²) in [6, 6.07) is 5.01. The van der Waals surface area contributed by atoms with Gasteiger partial charge in [0.15, 0.2) is 5.69 Å². The molecule has 0 spiro atoms. The van der Waals surface area contributed by atoms with Crippen LogP contribution in [0.15, 0.2) is 24.4 Å². The van der Waals surface area contributed by atoms with E-state index in [4.69, 9.17) is 0 Å². The van der Waals surface area contributed by atoms with Crippen molar-refractivity contribution < 1.29 is 9.72 Å². The van der Waals surface area contributed by atoms with Crippen molar-refractivity contribution in [3.05, 3.63) is 45.8 Å². The third kappa shape index (κ3) is 4.01. The molecule has 2 aromatic rings. The zero-order valence-corrected chi connectivity index (χ0v) is 12.0. The van der Waals surface area contributed by atoms with E-state index in [-0.39, 0.29) is 17.3 Å². The lowest BCUT2D eigenvalue weighted by atomic mass is 10.2. The van der Waals surface area contributed by atoms with Gasteiger partial charge in [0.2, 0.25) is 0 Å². The highest BCUT2D eigenvalue weighted by Gasteiger charge is 2.13. The Bertz CT molecular complexity index is 656. The van der Waals surface area contributed by atoms with Crippen molar-refractivity contribution in [2.24, 2.45) is 0 Å². The number of H-pyrrole nitrogens is 1. The normalized spacial score (nSPS) is 10.2. The molecule has 1 aromatic heterocycles. The summed E-state index contributed by atoms with van der Waals surface area (Å²) in [6.07, 6.45) is 1.96. The molecule has 9 nitrogen and oxygen atoms in total. The molecule has 0 fully saturated rings. The average Bonchev–Trinajstić information content (AvgIpc) is 3.02. The fourth-order valence-corrected chi connectivity index (χ4v) is 1.86. The molecule has 116 valence electrons. The number of carbonyl (C=O) groups excluding carboxylic acids is 1. The van der Waals surface area contributed by atoms with Crippen molar-refractivity contribution in [1.82, 2.24) is 20.7 Å². The molecule has 9 heteroatoms. The third-order valence-electron chi connectivity index (χ3n) is 2.95. The highest BCUT2D eigenvalue weighted by atomic mass is 16.6. The van der Waals surface area contributed by atoms with Gasteiger partial charge in [0.1, 0.15) is 5.69 Å². The van der Waals surface area contributed by atoms with Gasteiger partial charge in [-0.25, -0.2) is 0 Å². The van der Waals surface area contributed by atoms with E-state index in [0.29, 0.717) is 25.2 Å². The smallest absolute Gasteiger partial charge is 0.292 e. The van der Waals surface area contributed by atoms with E-state index < -0.39 is 4.92 Å². The number of carbonyl (C=O) groups is 1. The van der Waals surface area contributed by atoms with E-state index in [9.17, 15) is 14.9 Å². The molecule has 0 saturated carbocycles. The summed E-state index contributed by atoms with van der Waals surface area (Å²) in [5.74, 6) is -0.310. The molecule has 2 rings (SSSR count). The lowest BCUT2D eigenvalue weighted by Crippen LogP contribution is -2.26. The Hall–Kier alpha value is -2.97. The topological polar surface area (TPSA) is 126 Å². The standard InChI is InChI=1S/C13H16N6O3/c1-9-3-4-10(12(7-9)19(21)22)14-5-2-6-15-13(20)11-8-16-18-17-11/h3-4,7-8,14H,2,5-6H2,1H3,(H,15,20)(H,16,17,18). The Kier molecular flexibility index (Phi) is 5.02.